The zero-order valence-corrected chi connectivity index (χ0v) is 10.8. The summed E-state index contributed by atoms with van der Waals surface area (Å²) >= 11 is 0. The lowest BCUT2D eigenvalue weighted by atomic mass is 10.0. The Labute approximate surface area is 107 Å². The molecule has 0 fully saturated rings. The highest BCUT2D eigenvalue weighted by Crippen LogP contribution is 2.16. The number of benzene rings is 1. The molecule has 2 unspecified atom stereocenters. The fraction of sp³-hybridized carbons (Fsp3) is 0.571. The third kappa shape index (κ3) is 4.35. The fourth-order valence-corrected chi connectivity index (χ4v) is 1.93. The summed E-state index contributed by atoms with van der Waals surface area (Å²) in [6.45, 7) is 4.36. The summed E-state index contributed by atoms with van der Waals surface area (Å²) < 4.78 is 31.6. The molecule has 1 N–H and O–H groups in total. The molecule has 1 aromatic carbocycles. The van der Waals surface area contributed by atoms with Crippen molar-refractivity contribution in [3.63, 3.8) is 0 Å². The Bertz CT molecular complexity index is 363. The van der Waals surface area contributed by atoms with Gasteiger partial charge in [0.1, 0.15) is 11.6 Å². The van der Waals surface area contributed by atoms with Gasteiger partial charge in [-0.25, -0.2) is 8.78 Å². The first-order chi connectivity index (χ1) is 8.58. The van der Waals surface area contributed by atoms with Crippen LogP contribution in [0, 0.1) is 11.6 Å². The van der Waals surface area contributed by atoms with E-state index in [0.29, 0.717) is 12.2 Å². The van der Waals surface area contributed by atoms with Crippen LogP contribution >= 0.6 is 0 Å². The Hall–Kier alpha value is -1.00. The lowest BCUT2D eigenvalue weighted by Crippen LogP contribution is -2.31. The Morgan fingerprint density at radius 1 is 1.28 bits per heavy atom. The second-order valence-electron chi connectivity index (χ2n) is 4.29. The molecule has 0 spiro atoms. The third-order valence-electron chi connectivity index (χ3n) is 2.83. The molecule has 0 bridgehead atoms. The van der Waals surface area contributed by atoms with Gasteiger partial charge < -0.3 is 9.84 Å². The van der Waals surface area contributed by atoms with Gasteiger partial charge in [-0.1, -0.05) is 19.4 Å². The van der Waals surface area contributed by atoms with Gasteiger partial charge >= 0.3 is 0 Å². The number of aliphatic hydroxyl groups excluding tert-OH is 1. The van der Waals surface area contributed by atoms with Crippen molar-refractivity contribution in [3.8, 4) is 0 Å². The van der Waals surface area contributed by atoms with Crippen LogP contribution in [-0.4, -0.2) is 23.9 Å². The van der Waals surface area contributed by atoms with Gasteiger partial charge in [0.15, 0.2) is 0 Å². The lowest BCUT2D eigenvalue weighted by Gasteiger charge is -2.22. The van der Waals surface area contributed by atoms with Gasteiger partial charge in [0.25, 0.3) is 0 Å². The largest absolute Gasteiger partial charge is 0.390 e. The van der Waals surface area contributed by atoms with Gasteiger partial charge in [-0.2, -0.15) is 0 Å². The molecule has 2 nitrogen and oxygen atoms in total. The molecule has 4 heteroatoms. The van der Waals surface area contributed by atoms with E-state index >= 15 is 0 Å². The number of halogens is 2. The second kappa shape index (κ2) is 7.44. The smallest absolute Gasteiger partial charge is 0.129 e. The highest BCUT2D eigenvalue weighted by molar-refractivity contribution is 5.19. The monoisotopic (exact) mass is 258 g/mol. The minimum atomic E-state index is -0.773. The summed E-state index contributed by atoms with van der Waals surface area (Å²) in [5.41, 5.74) is 0.310. The molecular weight excluding hydrogens is 238 g/mol. The summed E-state index contributed by atoms with van der Waals surface area (Å²) in [7, 11) is 0. The van der Waals surface area contributed by atoms with E-state index in [1.165, 1.54) is 12.1 Å². The van der Waals surface area contributed by atoms with Crippen molar-refractivity contribution in [3.05, 3.63) is 35.4 Å². The zero-order chi connectivity index (χ0) is 13.5. The van der Waals surface area contributed by atoms with E-state index in [4.69, 9.17) is 4.74 Å². The molecule has 0 saturated heterocycles. The number of aliphatic hydroxyl groups is 1. The maximum atomic E-state index is 13.5. The maximum absolute atomic E-state index is 13.5. The Balaban J connectivity index is 2.69. The molecule has 18 heavy (non-hydrogen) atoms. The molecule has 2 atom stereocenters. The third-order valence-corrected chi connectivity index (χ3v) is 2.83. The van der Waals surface area contributed by atoms with Crippen LogP contribution in [0.25, 0.3) is 0 Å². The fourth-order valence-electron chi connectivity index (χ4n) is 1.93. The van der Waals surface area contributed by atoms with Gasteiger partial charge in [0.2, 0.25) is 0 Å². The topological polar surface area (TPSA) is 29.5 Å². The van der Waals surface area contributed by atoms with E-state index in [9.17, 15) is 13.9 Å². The standard InChI is InChI=1S/C14H20F2O2/c1-3-5-14(18-4-2)13(17)8-10-6-7-11(15)9-12(10)16/h6-7,9,13-14,17H,3-5,8H2,1-2H3. The van der Waals surface area contributed by atoms with E-state index < -0.39 is 17.7 Å². The van der Waals surface area contributed by atoms with Crippen molar-refractivity contribution < 1.29 is 18.6 Å². The van der Waals surface area contributed by atoms with E-state index in [1.54, 1.807) is 0 Å². The van der Waals surface area contributed by atoms with Crippen LogP contribution in [-0.2, 0) is 11.2 Å². The highest BCUT2D eigenvalue weighted by atomic mass is 19.1. The molecule has 0 heterocycles. The van der Waals surface area contributed by atoms with Crippen molar-refractivity contribution in [1.29, 1.82) is 0 Å². The zero-order valence-electron chi connectivity index (χ0n) is 10.8. The summed E-state index contributed by atoms with van der Waals surface area (Å²) in [5.74, 6) is -1.23. The maximum Gasteiger partial charge on any atom is 0.129 e. The van der Waals surface area contributed by atoms with E-state index in [1.807, 2.05) is 13.8 Å². The van der Waals surface area contributed by atoms with Gasteiger partial charge in [-0.05, 0) is 25.0 Å². The number of rotatable bonds is 7. The first-order valence-electron chi connectivity index (χ1n) is 6.32. The highest BCUT2D eigenvalue weighted by Gasteiger charge is 2.20. The first-order valence-corrected chi connectivity index (χ1v) is 6.32. The molecule has 0 aliphatic heterocycles. The predicted molar refractivity (Wildman–Crippen MR) is 66.4 cm³/mol. The van der Waals surface area contributed by atoms with Crippen LogP contribution in [0.2, 0.25) is 0 Å². The molecule has 0 radical (unpaired) electrons. The average Bonchev–Trinajstić information content (AvgIpc) is 2.32. The summed E-state index contributed by atoms with van der Waals surface area (Å²) in [4.78, 5) is 0. The molecule has 0 amide bonds. The van der Waals surface area contributed by atoms with Crippen molar-refractivity contribution in [1.82, 2.24) is 0 Å². The number of hydrogen-bond acceptors (Lipinski definition) is 2. The van der Waals surface area contributed by atoms with Crippen molar-refractivity contribution in [2.45, 2.75) is 45.3 Å². The van der Waals surface area contributed by atoms with Crippen LogP contribution in [0.5, 0.6) is 0 Å². The minimum Gasteiger partial charge on any atom is -0.390 e. The Morgan fingerprint density at radius 2 is 2.00 bits per heavy atom. The van der Waals surface area contributed by atoms with Crippen molar-refractivity contribution >= 4 is 0 Å². The molecule has 0 aliphatic carbocycles. The van der Waals surface area contributed by atoms with E-state index in [-0.39, 0.29) is 12.5 Å². The van der Waals surface area contributed by atoms with Gasteiger partial charge in [0.05, 0.1) is 12.2 Å². The van der Waals surface area contributed by atoms with E-state index in [2.05, 4.69) is 0 Å². The van der Waals surface area contributed by atoms with Crippen molar-refractivity contribution in [2.75, 3.05) is 6.61 Å². The van der Waals surface area contributed by atoms with Gasteiger partial charge in [-0.15, -0.1) is 0 Å². The molecule has 0 saturated carbocycles. The lowest BCUT2D eigenvalue weighted by molar-refractivity contribution is -0.0366. The van der Waals surface area contributed by atoms with E-state index in [0.717, 1.165) is 18.9 Å². The molecule has 102 valence electrons. The van der Waals surface area contributed by atoms with Crippen molar-refractivity contribution in [2.24, 2.45) is 0 Å². The predicted octanol–water partition coefficient (Wildman–Crippen LogP) is 3.07. The van der Waals surface area contributed by atoms with Gasteiger partial charge in [-0.3, -0.25) is 0 Å². The number of ether oxygens (including phenoxy) is 1. The Morgan fingerprint density at radius 3 is 2.56 bits per heavy atom. The average molecular weight is 258 g/mol. The molecule has 0 aliphatic rings. The van der Waals surface area contributed by atoms with Crippen LogP contribution < -0.4 is 0 Å². The molecule has 1 aromatic rings. The van der Waals surface area contributed by atoms with Crippen LogP contribution in [0.1, 0.15) is 32.3 Å². The van der Waals surface area contributed by atoms with Gasteiger partial charge in [0, 0.05) is 19.1 Å². The minimum absolute atomic E-state index is 0.136. The molecular formula is C14H20F2O2. The van der Waals surface area contributed by atoms with Crippen LogP contribution in [0.3, 0.4) is 0 Å². The summed E-state index contributed by atoms with van der Waals surface area (Å²) in [6.07, 6.45) is 0.664. The van der Waals surface area contributed by atoms with Crippen LogP contribution in [0.15, 0.2) is 18.2 Å². The molecule has 1 rings (SSSR count). The Kier molecular flexibility index (Phi) is 6.22. The number of hydrogen-bond donors (Lipinski definition) is 1. The molecule has 0 aromatic heterocycles. The normalized spacial score (nSPS) is 14.5. The summed E-state index contributed by atoms with van der Waals surface area (Å²) in [5, 5.41) is 10.0. The van der Waals surface area contributed by atoms with Crippen LogP contribution in [0.4, 0.5) is 8.78 Å². The first kappa shape index (κ1) is 15.1. The summed E-state index contributed by atoms with van der Waals surface area (Å²) in [6, 6.07) is 3.39. The SMILES string of the molecule is CCCC(OCC)C(O)Cc1ccc(F)cc1F. The quantitative estimate of drug-likeness (QED) is 0.814. The second-order valence-corrected chi connectivity index (χ2v) is 4.29.